The van der Waals surface area contributed by atoms with Crippen molar-refractivity contribution in [2.75, 3.05) is 0 Å². The summed E-state index contributed by atoms with van der Waals surface area (Å²) in [6, 6.07) is 19.2. The van der Waals surface area contributed by atoms with Gasteiger partial charge in [-0.2, -0.15) is 5.10 Å². The van der Waals surface area contributed by atoms with Gasteiger partial charge < -0.3 is 9.42 Å². The third-order valence-electron chi connectivity index (χ3n) is 5.73. The molecule has 0 saturated carbocycles. The van der Waals surface area contributed by atoms with E-state index >= 15 is 0 Å². The quantitative estimate of drug-likeness (QED) is 0.330. The summed E-state index contributed by atoms with van der Waals surface area (Å²) in [6.07, 6.45) is 3.41. The summed E-state index contributed by atoms with van der Waals surface area (Å²) in [5.41, 5.74) is 4.24. The summed E-state index contributed by atoms with van der Waals surface area (Å²) in [6.45, 7) is 2.35. The van der Waals surface area contributed by atoms with Crippen LogP contribution in [0.2, 0.25) is 5.02 Å². The van der Waals surface area contributed by atoms with Gasteiger partial charge in [-0.3, -0.25) is 14.5 Å². The Labute approximate surface area is 201 Å². The number of hydrogen-bond donors (Lipinski definition) is 0. The van der Waals surface area contributed by atoms with E-state index in [0.29, 0.717) is 33.3 Å². The molecular weight excluding hydrogens is 450 g/mol. The van der Waals surface area contributed by atoms with Gasteiger partial charge in [0.05, 0.1) is 29.2 Å². The van der Waals surface area contributed by atoms with E-state index in [2.05, 4.69) is 15.2 Å². The van der Waals surface area contributed by atoms with E-state index in [4.69, 9.17) is 16.1 Å². The first kappa shape index (κ1) is 21.9. The smallest absolute Gasteiger partial charge is 0.256 e. The van der Waals surface area contributed by atoms with Gasteiger partial charge in [-0.25, -0.2) is 0 Å². The van der Waals surface area contributed by atoms with Gasteiger partial charge in [-0.15, -0.1) is 0 Å². The van der Waals surface area contributed by atoms with Gasteiger partial charge in [-0.05, 0) is 19.1 Å². The normalized spacial score (nSPS) is 11.1. The molecule has 0 saturated heterocycles. The second-order valence-electron chi connectivity index (χ2n) is 8.07. The van der Waals surface area contributed by atoms with Crippen molar-refractivity contribution in [1.29, 1.82) is 0 Å². The molecule has 7 nitrogen and oxygen atoms in total. The lowest BCUT2D eigenvalue weighted by atomic mass is 10.0. The van der Waals surface area contributed by atoms with Crippen molar-refractivity contribution in [2.45, 2.75) is 20.0 Å². The molecule has 0 bridgehead atoms. The minimum absolute atomic E-state index is 0.175. The zero-order valence-corrected chi connectivity index (χ0v) is 19.5. The van der Waals surface area contributed by atoms with Gasteiger partial charge in [0.2, 0.25) is 0 Å². The Kier molecular flexibility index (Phi) is 5.86. The maximum atomic E-state index is 13.9. The van der Waals surface area contributed by atoms with Gasteiger partial charge in [0.25, 0.3) is 5.91 Å². The topological polar surface area (TPSA) is 77.0 Å². The van der Waals surface area contributed by atoms with Crippen LogP contribution in [0.4, 0.5) is 0 Å². The summed E-state index contributed by atoms with van der Waals surface area (Å²) in [7, 11) is 1.80. The molecule has 0 aliphatic carbocycles. The third-order valence-corrected chi connectivity index (χ3v) is 6.04. The molecule has 34 heavy (non-hydrogen) atoms. The SMILES string of the molecule is Cc1onc(-c2ccccc2)c1CN(Cc1nn(C)cc1Cl)C(=O)c1cccc2cccnc12. The molecule has 0 N–H and O–H groups in total. The van der Waals surface area contributed by atoms with Gasteiger partial charge in [0.15, 0.2) is 0 Å². The van der Waals surface area contributed by atoms with Crippen LogP contribution >= 0.6 is 11.6 Å². The Morgan fingerprint density at radius 3 is 2.62 bits per heavy atom. The molecule has 3 aromatic heterocycles. The molecular formula is C26H22ClN5O2. The van der Waals surface area contributed by atoms with E-state index in [1.165, 1.54) is 0 Å². The molecule has 0 aliphatic rings. The van der Waals surface area contributed by atoms with Crippen molar-refractivity contribution in [2.24, 2.45) is 7.05 Å². The zero-order chi connectivity index (χ0) is 23.7. The van der Waals surface area contributed by atoms with E-state index in [-0.39, 0.29) is 19.0 Å². The Morgan fingerprint density at radius 2 is 1.85 bits per heavy atom. The molecule has 8 heteroatoms. The highest BCUT2D eigenvalue weighted by Gasteiger charge is 2.25. The van der Waals surface area contributed by atoms with E-state index in [1.54, 1.807) is 35.1 Å². The number of fused-ring (bicyclic) bond motifs is 1. The van der Waals surface area contributed by atoms with Crippen molar-refractivity contribution in [3.05, 3.63) is 101 Å². The molecule has 1 amide bonds. The van der Waals surface area contributed by atoms with Crippen LogP contribution in [-0.2, 0) is 20.1 Å². The lowest BCUT2D eigenvalue weighted by Crippen LogP contribution is -2.31. The molecule has 0 fully saturated rings. The van der Waals surface area contributed by atoms with Gasteiger partial charge in [0.1, 0.15) is 17.1 Å². The van der Waals surface area contributed by atoms with Crippen LogP contribution in [0.5, 0.6) is 0 Å². The number of nitrogens with zero attached hydrogens (tertiary/aromatic N) is 5. The predicted molar refractivity (Wildman–Crippen MR) is 130 cm³/mol. The number of pyridine rings is 1. The molecule has 0 aliphatic heterocycles. The molecule has 3 heterocycles. The minimum Gasteiger partial charge on any atom is -0.361 e. The number of aromatic nitrogens is 4. The van der Waals surface area contributed by atoms with Crippen molar-refractivity contribution in [1.82, 2.24) is 24.8 Å². The van der Waals surface area contributed by atoms with E-state index in [9.17, 15) is 4.79 Å². The Hall–Kier alpha value is -3.97. The maximum absolute atomic E-state index is 13.9. The second kappa shape index (κ2) is 9.11. The largest absolute Gasteiger partial charge is 0.361 e. The molecule has 0 spiro atoms. The zero-order valence-electron chi connectivity index (χ0n) is 18.8. The number of amides is 1. The van der Waals surface area contributed by atoms with Gasteiger partial charge in [0, 0.05) is 36.0 Å². The Morgan fingerprint density at radius 1 is 1.06 bits per heavy atom. The fourth-order valence-corrected chi connectivity index (χ4v) is 4.27. The van der Waals surface area contributed by atoms with Crippen LogP contribution in [0.1, 0.15) is 27.4 Å². The number of rotatable bonds is 6. The maximum Gasteiger partial charge on any atom is 0.256 e. The number of carbonyl (C=O) groups is 1. The monoisotopic (exact) mass is 471 g/mol. The first-order valence-corrected chi connectivity index (χ1v) is 11.2. The second-order valence-corrected chi connectivity index (χ2v) is 8.48. The molecule has 0 atom stereocenters. The summed E-state index contributed by atoms with van der Waals surface area (Å²) >= 11 is 6.41. The number of aryl methyl sites for hydroxylation is 2. The Balaban J connectivity index is 1.58. The average Bonchev–Trinajstić information content (AvgIpc) is 3.38. The van der Waals surface area contributed by atoms with Crippen LogP contribution in [0.25, 0.3) is 22.2 Å². The first-order valence-electron chi connectivity index (χ1n) is 10.8. The highest BCUT2D eigenvalue weighted by Crippen LogP contribution is 2.29. The van der Waals surface area contributed by atoms with Crippen molar-refractivity contribution >= 4 is 28.4 Å². The number of hydrogen-bond acceptors (Lipinski definition) is 5. The number of para-hydroxylation sites is 1. The Bertz CT molecular complexity index is 1470. The van der Waals surface area contributed by atoms with Crippen LogP contribution in [0.3, 0.4) is 0 Å². The predicted octanol–water partition coefficient (Wildman–Crippen LogP) is 5.43. The third kappa shape index (κ3) is 4.18. The first-order chi connectivity index (χ1) is 16.5. The molecule has 5 aromatic rings. The van der Waals surface area contributed by atoms with Crippen molar-refractivity contribution in [3.8, 4) is 11.3 Å². The molecule has 0 radical (unpaired) electrons. The molecule has 2 aromatic carbocycles. The number of carbonyl (C=O) groups excluding carboxylic acids is 1. The standard InChI is InChI=1S/C26H22ClN5O2/c1-17-21(25(30-34-17)19-8-4-3-5-9-19)14-32(16-23-22(27)15-31(2)29-23)26(33)20-12-6-10-18-11-7-13-28-24(18)20/h3-13,15H,14,16H2,1-2H3. The highest BCUT2D eigenvalue weighted by atomic mass is 35.5. The van der Waals surface area contributed by atoms with E-state index < -0.39 is 0 Å². The van der Waals surface area contributed by atoms with Crippen LogP contribution in [0.15, 0.2) is 77.6 Å². The lowest BCUT2D eigenvalue weighted by Gasteiger charge is -2.23. The molecule has 5 rings (SSSR count). The van der Waals surface area contributed by atoms with Crippen LogP contribution in [0, 0.1) is 6.92 Å². The van der Waals surface area contributed by atoms with E-state index in [1.807, 2.05) is 61.5 Å². The highest BCUT2D eigenvalue weighted by molar-refractivity contribution is 6.31. The fourth-order valence-electron chi connectivity index (χ4n) is 4.03. The lowest BCUT2D eigenvalue weighted by molar-refractivity contribution is 0.0729. The summed E-state index contributed by atoms with van der Waals surface area (Å²) in [4.78, 5) is 20.1. The van der Waals surface area contributed by atoms with Crippen LogP contribution in [-0.4, -0.2) is 30.7 Å². The molecule has 0 unspecified atom stereocenters. The van der Waals surface area contributed by atoms with Crippen molar-refractivity contribution in [3.63, 3.8) is 0 Å². The fraction of sp³-hybridized carbons (Fsp3) is 0.154. The summed E-state index contributed by atoms with van der Waals surface area (Å²) in [5, 5.41) is 10.1. The summed E-state index contributed by atoms with van der Waals surface area (Å²) in [5.74, 6) is 0.477. The minimum atomic E-state index is -0.175. The molecule has 170 valence electrons. The van der Waals surface area contributed by atoms with Crippen molar-refractivity contribution < 1.29 is 9.32 Å². The number of benzene rings is 2. The summed E-state index contributed by atoms with van der Waals surface area (Å²) < 4.78 is 7.18. The van der Waals surface area contributed by atoms with Gasteiger partial charge >= 0.3 is 0 Å². The average molecular weight is 472 g/mol. The van der Waals surface area contributed by atoms with E-state index in [0.717, 1.165) is 16.5 Å². The van der Waals surface area contributed by atoms with Crippen LogP contribution < -0.4 is 0 Å². The van der Waals surface area contributed by atoms with Gasteiger partial charge in [-0.1, -0.05) is 65.3 Å². The number of halogens is 1.